The van der Waals surface area contributed by atoms with Gasteiger partial charge in [-0.1, -0.05) is 6.07 Å². The first-order chi connectivity index (χ1) is 8.29. The molecule has 0 radical (unpaired) electrons. The van der Waals surface area contributed by atoms with Crippen molar-refractivity contribution < 1.29 is 14.6 Å². The normalized spacial score (nSPS) is 12.8. The number of thiophene rings is 1. The molecule has 0 saturated heterocycles. The summed E-state index contributed by atoms with van der Waals surface area (Å²) in [6.45, 7) is -0.225. The molecule has 1 atom stereocenters. The minimum Gasteiger partial charge on any atom is -0.419 e. The van der Waals surface area contributed by atoms with E-state index in [1.807, 2.05) is 17.5 Å². The first-order valence-electron chi connectivity index (χ1n) is 5.02. The number of nitrogens with zero attached hydrogens (tertiary/aromatic N) is 2. The van der Waals surface area contributed by atoms with Crippen LogP contribution < -0.4 is 0 Å². The van der Waals surface area contributed by atoms with Crippen molar-refractivity contribution in [1.29, 1.82) is 0 Å². The summed E-state index contributed by atoms with van der Waals surface area (Å²) in [5.41, 5.74) is 0. The van der Waals surface area contributed by atoms with Gasteiger partial charge in [0.25, 0.3) is 5.89 Å². The molecule has 0 fully saturated rings. The zero-order chi connectivity index (χ0) is 12.1. The third-order valence-electron chi connectivity index (χ3n) is 1.95. The summed E-state index contributed by atoms with van der Waals surface area (Å²) < 4.78 is 5.47. The van der Waals surface area contributed by atoms with E-state index in [0.29, 0.717) is 23.3 Å². The van der Waals surface area contributed by atoms with Crippen molar-refractivity contribution in [2.24, 2.45) is 0 Å². The summed E-state index contributed by atoms with van der Waals surface area (Å²) >= 11 is 2.99. The van der Waals surface area contributed by atoms with Crippen molar-refractivity contribution in [1.82, 2.24) is 10.2 Å². The lowest BCUT2D eigenvalue weighted by Crippen LogP contribution is -2.14. The van der Waals surface area contributed by atoms with E-state index in [1.54, 1.807) is 11.3 Å². The molecular weight excluding hydrogens is 260 g/mol. The Hall–Kier alpha value is -0.890. The molecule has 17 heavy (non-hydrogen) atoms. The van der Waals surface area contributed by atoms with Gasteiger partial charge >= 0.3 is 0 Å². The molecular formula is C10H12N2O3S2. The van der Waals surface area contributed by atoms with Crippen molar-refractivity contribution in [3.8, 4) is 10.8 Å². The molecule has 2 aromatic rings. The second kappa shape index (κ2) is 6.15. The first-order valence-corrected chi connectivity index (χ1v) is 7.06. The third-order valence-corrected chi connectivity index (χ3v) is 3.87. The van der Waals surface area contributed by atoms with Gasteiger partial charge in [-0.25, -0.2) is 0 Å². The van der Waals surface area contributed by atoms with Gasteiger partial charge in [-0.05, 0) is 11.4 Å². The van der Waals surface area contributed by atoms with Gasteiger partial charge in [-0.2, -0.15) is 0 Å². The maximum atomic E-state index is 9.16. The summed E-state index contributed by atoms with van der Waals surface area (Å²) in [4.78, 5) is 0.948. The molecule has 0 bridgehead atoms. The maximum absolute atomic E-state index is 9.16. The predicted molar refractivity (Wildman–Crippen MR) is 66.9 cm³/mol. The summed E-state index contributed by atoms with van der Waals surface area (Å²) in [6.07, 6.45) is -0.695. The number of aromatic nitrogens is 2. The van der Waals surface area contributed by atoms with Crippen LogP contribution in [0.1, 0.15) is 5.89 Å². The van der Waals surface area contributed by atoms with E-state index >= 15 is 0 Å². The topological polar surface area (TPSA) is 79.4 Å². The van der Waals surface area contributed by atoms with Gasteiger partial charge in [0.1, 0.15) is 0 Å². The molecule has 2 N–H and O–H groups in total. The van der Waals surface area contributed by atoms with Crippen LogP contribution in [0.5, 0.6) is 0 Å². The number of hydrogen-bond donors (Lipinski definition) is 2. The molecule has 2 aromatic heterocycles. The van der Waals surface area contributed by atoms with E-state index in [1.165, 1.54) is 11.8 Å². The molecule has 2 heterocycles. The van der Waals surface area contributed by atoms with Crippen LogP contribution in [0.3, 0.4) is 0 Å². The Morgan fingerprint density at radius 3 is 3.06 bits per heavy atom. The average molecular weight is 272 g/mol. The SMILES string of the molecule is OCC(O)CSCc1nnc(-c2cccs2)o1. The first kappa shape index (κ1) is 12.6. The largest absolute Gasteiger partial charge is 0.419 e. The summed E-state index contributed by atoms with van der Waals surface area (Å²) in [5.74, 6) is 2.05. The quantitative estimate of drug-likeness (QED) is 0.827. The maximum Gasteiger partial charge on any atom is 0.257 e. The van der Waals surface area contributed by atoms with Crippen molar-refractivity contribution in [3.63, 3.8) is 0 Å². The molecule has 7 heteroatoms. The Kier molecular flexibility index (Phi) is 4.55. The monoisotopic (exact) mass is 272 g/mol. The van der Waals surface area contributed by atoms with Gasteiger partial charge in [0.2, 0.25) is 5.89 Å². The van der Waals surface area contributed by atoms with Crippen LogP contribution in [0, 0.1) is 0 Å². The van der Waals surface area contributed by atoms with Gasteiger partial charge in [-0.3, -0.25) is 0 Å². The number of aliphatic hydroxyl groups excluding tert-OH is 2. The van der Waals surface area contributed by atoms with Crippen LogP contribution in [-0.4, -0.2) is 38.9 Å². The summed E-state index contributed by atoms with van der Waals surface area (Å²) in [6, 6.07) is 3.85. The number of thioether (sulfide) groups is 1. The van der Waals surface area contributed by atoms with Crippen LogP contribution in [0.4, 0.5) is 0 Å². The van der Waals surface area contributed by atoms with Gasteiger partial charge in [0.15, 0.2) is 0 Å². The van der Waals surface area contributed by atoms with Crippen LogP contribution in [-0.2, 0) is 5.75 Å². The highest BCUT2D eigenvalue weighted by Gasteiger charge is 2.10. The van der Waals surface area contributed by atoms with Crippen molar-refractivity contribution in [3.05, 3.63) is 23.4 Å². The highest BCUT2D eigenvalue weighted by Crippen LogP contribution is 2.24. The van der Waals surface area contributed by atoms with Gasteiger partial charge in [0.05, 0.1) is 23.3 Å². The van der Waals surface area contributed by atoms with E-state index in [-0.39, 0.29) is 6.61 Å². The number of hydrogen-bond acceptors (Lipinski definition) is 7. The Morgan fingerprint density at radius 1 is 1.47 bits per heavy atom. The molecule has 0 aliphatic heterocycles. The van der Waals surface area contributed by atoms with Crippen LogP contribution in [0.25, 0.3) is 10.8 Å². The van der Waals surface area contributed by atoms with E-state index in [0.717, 1.165) is 4.88 Å². The zero-order valence-corrected chi connectivity index (χ0v) is 10.6. The number of rotatable bonds is 6. The minimum atomic E-state index is -0.695. The molecule has 0 amide bonds. The van der Waals surface area contributed by atoms with E-state index in [2.05, 4.69) is 10.2 Å². The van der Waals surface area contributed by atoms with Gasteiger partial charge in [0, 0.05) is 5.75 Å². The van der Waals surface area contributed by atoms with Crippen LogP contribution in [0.15, 0.2) is 21.9 Å². The van der Waals surface area contributed by atoms with Gasteiger partial charge < -0.3 is 14.6 Å². The smallest absolute Gasteiger partial charge is 0.257 e. The van der Waals surface area contributed by atoms with E-state index in [4.69, 9.17) is 14.6 Å². The highest BCUT2D eigenvalue weighted by atomic mass is 32.2. The standard InChI is InChI=1S/C10H12N2O3S2/c13-4-7(14)5-16-6-9-11-12-10(15-9)8-2-1-3-17-8/h1-3,7,13-14H,4-6H2. The lowest BCUT2D eigenvalue weighted by atomic mass is 10.4. The lowest BCUT2D eigenvalue weighted by Gasteiger charge is -2.03. The molecule has 0 aromatic carbocycles. The Morgan fingerprint density at radius 2 is 2.35 bits per heavy atom. The summed E-state index contributed by atoms with van der Waals surface area (Å²) in [7, 11) is 0. The Labute approximate surface area is 107 Å². The fourth-order valence-corrected chi connectivity index (χ4v) is 2.58. The molecule has 0 aliphatic rings. The van der Waals surface area contributed by atoms with E-state index in [9.17, 15) is 0 Å². The Balaban J connectivity index is 1.87. The lowest BCUT2D eigenvalue weighted by molar-refractivity contribution is 0.113. The molecule has 92 valence electrons. The third kappa shape index (κ3) is 3.53. The molecule has 0 saturated carbocycles. The molecule has 0 aliphatic carbocycles. The fraction of sp³-hybridized carbons (Fsp3) is 0.400. The highest BCUT2D eigenvalue weighted by molar-refractivity contribution is 7.98. The minimum absolute atomic E-state index is 0.225. The zero-order valence-electron chi connectivity index (χ0n) is 8.94. The average Bonchev–Trinajstić information content (AvgIpc) is 2.98. The van der Waals surface area contributed by atoms with Crippen molar-refractivity contribution >= 4 is 23.1 Å². The second-order valence-electron chi connectivity index (χ2n) is 3.33. The van der Waals surface area contributed by atoms with Crippen LogP contribution in [0.2, 0.25) is 0 Å². The molecule has 2 rings (SSSR count). The predicted octanol–water partition coefficient (Wildman–Crippen LogP) is 1.38. The van der Waals surface area contributed by atoms with Crippen molar-refractivity contribution in [2.45, 2.75) is 11.9 Å². The number of aliphatic hydroxyl groups is 2. The molecule has 1 unspecified atom stereocenters. The summed E-state index contributed by atoms with van der Waals surface area (Å²) in [5, 5.41) is 27.6. The van der Waals surface area contributed by atoms with E-state index < -0.39 is 6.10 Å². The Bertz CT molecular complexity index is 444. The molecule has 5 nitrogen and oxygen atoms in total. The van der Waals surface area contributed by atoms with Gasteiger partial charge in [-0.15, -0.1) is 33.3 Å². The van der Waals surface area contributed by atoms with Crippen LogP contribution >= 0.6 is 23.1 Å². The second-order valence-corrected chi connectivity index (χ2v) is 5.31. The fourth-order valence-electron chi connectivity index (χ4n) is 1.15. The molecule has 0 spiro atoms. The van der Waals surface area contributed by atoms with Crippen molar-refractivity contribution in [2.75, 3.05) is 12.4 Å².